The van der Waals surface area contributed by atoms with Gasteiger partial charge >= 0.3 is 0 Å². The third-order valence-corrected chi connectivity index (χ3v) is 4.16. The van der Waals surface area contributed by atoms with E-state index in [-0.39, 0.29) is 0 Å². The topological polar surface area (TPSA) is 44.9 Å². The number of nitrogens with two attached hydrogens (primary N) is 1. The number of rotatable bonds is 2. The summed E-state index contributed by atoms with van der Waals surface area (Å²) >= 11 is 0. The lowest BCUT2D eigenvalue weighted by Crippen LogP contribution is -2.39. The second-order valence-corrected chi connectivity index (χ2v) is 5.87. The highest BCUT2D eigenvalue weighted by atomic mass is 15.2. The Morgan fingerprint density at radius 1 is 1.11 bits per heavy atom. The standard InChI is InChI=1S/C14H28N4/c1-17-8-6-7-13(12-17)11-16-14(15)18-9-4-2-3-5-10-18/h13H,2-12H2,1H3,(H2,15,16). The zero-order valence-electron chi connectivity index (χ0n) is 11.8. The highest BCUT2D eigenvalue weighted by Crippen LogP contribution is 2.15. The molecule has 2 aliphatic heterocycles. The summed E-state index contributed by atoms with van der Waals surface area (Å²) in [6.45, 7) is 5.52. The summed E-state index contributed by atoms with van der Waals surface area (Å²) < 4.78 is 0. The summed E-state index contributed by atoms with van der Waals surface area (Å²) in [5, 5.41) is 0. The van der Waals surface area contributed by atoms with E-state index in [1.165, 1.54) is 51.6 Å². The molecular weight excluding hydrogens is 224 g/mol. The Morgan fingerprint density at radius 3 is 2.50 bits per heavy atom. The van der Waals surface area contributed by atoms with Gasteiger partial charge in [0, 0.05) is 26.2 Å². The molecule has 1 unspecified atom stereocenters. The van der Waals surface area contributed by atoms with Gasteiger partial charge in [0.1, 0.15) is 0 Å². The predicted octanol–water partition coefficient (Wildman–Crippen LogP) is 1.52. The number of guanidine groups is 1. The van der Waals surface area contributed by atoms with Crippen molar-refractivity contribution in [2.45, 2.75) is 38.5 Å². The molecule has 0 aliphatic carbocycles. The summed E-state index contributed by atoms with van der Waals surface area (Å²) in [7, 11) is 2.20. The predicted molar refractivity (Wildman–Crippen MR) is 76.8 cm³/mol. The van der Waals surface area contributed by atoms with Crippen molar-refractivity contribution in [2.75, 3.05) is 39.8 Å². The summed E-state index contributed by atoms with van der Waals surface area (Å²) in [5.41, 5.74) is 6.13. The van der Waals surface area contributed by atoms with E-state index in [1.54, 1.807) is 0 Å². The average molecular weight is 252 g/mol. The van der Waals surface area contributed by atoms with Crippen molar-refractivity contribution >= 4 is 5.96 Å². The minimum Gasteiger partial charge on any atom is -0.370 e. The highest BCUT2D eigenvalue weighted by molar-refractivity contribution is 5.78. The van der Waals surface area contributed by atoms with Gasteiger partial charge in [0.15, 0.2) is 5.96 Å². The fourth-order valence-electron chi connectivity index (χ4n) is 3.04. The first kappa shape index (κ1) is 13.7. The molecule has 0 aromatic heterocycles. The SMILES string of the molecule is CN1CCCC(CN=C(N)N2CCCCCC2)C1. The van der Waals surface area contributed by atoms with Crippen LogP contribution in [0.3, 0.4) is 0 Å². The van der Waals surface area contributed by atoms with Gasteiger partial charge in [-0.2, -0.15) is 0 Å². The summed E-state index contributed by atoms with van der Waals surface area (Å²) in [6.07, 6.45) is 7.83. The van der Waals surface area contributed by atoms with Crippen LogP contribution in [0.25, 0.3) is 0 Å². The van der Waals surface area contributed by atoms with E-state index in [4.69, 9.17) is 5.73 Å². The van der Waals surface area contributed by atoms with Crippen LogP contribution < -0.4 is 5.73 Å². The number of aliphatic imine (C=N–C) groups is 1. The van der Waals surface area contributed by atoms with Gasteiger partial charge in [0.25, 0.3) is 0 Å². The number of piperidine rings is 1. The molecule has 0 aromatic rings. The lowest BCUT2D eigenvalue weighted by Gasteiger charge is -2.29. The molecule has 0 saturated carbocycles. The van der Waals surface area contributed by atoms with E-state index in [0.717, 1.165) is 25.6 Å². The van der Waals surface area contributed by atoms with Crippen molar-refractivity contribution in [3.8, 4) is 0 Å². The smallest absolute Gasteiger partial charge is 0.191 e. The first-order chi connectivity index (χ1) is 8.75. The first-order valence-electron chi connectivity index (χ1n) is 7.49. The molecule has 18 heavy (non-hydrogen) atoms. The van der Waals surface area contributed by atoms with E-state index in [2.05, 4.69) is 21.8 Å². The van der Waals surface area contributed by atoms with Crippen LogP contribution in [0, 0.1) is 5.92 Å². The average Bonchev–Trinajstić information content (AvgIpc) is 2.65. The van der Waals surface area contributed by atoms with Gasteiger partial charge in [0.2, 0.25) is 0 Å². The third-order valence-electron chi connectivity index (χ3n) is 4.16. The number of nitrogens with zero attached hydrogens (tertiary/aromatic N) is 3. The Kier molecular flexibility index (Phi) is 5.29. The maximum absolute atomic E-state index is 6.13. The number of likely N-dealkylation sites (tertiary alicyclic amines) is 2. The molecule has 4 nitrogen and oxygen atoms in total. The van der Waals surface area contributed by atoms with Gasteiger partial charge in [-0.3, -0.25) is 4.99 Å². The molecule has 2 N–H and O–H groups in total. The monoisotopic (exact) mass is 252 g/mol. The van der Waals surface area contributed by atoms with Crippen LogP contribution in [0.15, 0.2) is 4.99 Å². The lowest BCUT2D eigenvalue weighted by molar-refractivity contribution is 0.214. The van der Waals surface area contributed by atoms with E-state index in [9.17, 15) is 0 Å². The molecule has 2 heterocycles. The Hall–Kier alpha value is -0.770. The van der Waals surface area contributed by atoms with Gasteiger partial charge in [0.05, 0.1) is 0 Å². The van der Waals surface area contributed by atoms with Crippen molar-refractivity contribution in [3.05, 3.63) is 0 Å². The molecule has 1 atom stereocenters. The second kappa shape index (κ2) is 6.98. The van der Waals surface area contributed by atoms with Crippen molar-refractivity contribution in [2.24, 2.45) is 16.6 Å². The van der Waals surface area contributed by atoms with Crippen LogP contribution >= 0.6 is 0 Å². The Balaban J connectivity index is 1.79. The van der Waals surface area contributed by atoms with Gasteiger partial charge in [-0.1, -0.05) is 12.8 Å². The molecule has 2 aliphatic rings. The van der Waals surface area contributed by atoms with Crippen LogP contribution in [-0.2, 0) is 0 Å². The summed E-state index contributed by atoms with van der Waals surface area (Å²) in [4.78, 5) is 9.33. The molecule has 0 spiro atoms. The minimum absolute atomic E-state index is 0.703. The van der Waals surface area contributed by atoms with E-state index in [0.29, 0.717) is 5.92 Å². The van der Waals surface area contributed by atoms with Crippen LogP contribution in [0.4, 0.5) is 0 Å². The van der Waals surface area contributed by atoms with Crippen LogP contribution in [0.1, 0.15) is 38.5 Å². The highest BCUT2D eigenvalue weighted by Gasteiger charge is 2.17. The molecule has 2 saturated heterocycles. The quantitative estimate of drug-likeness (QED) is 0.598. The number of hydrogen-bond donors (Lipinski definition) is 1. The zero-order chi connectivity index (χ0) is 12.8. The summed E-state index contributed by atoms with van der Waals surface area (Å²) in [6, 6.07) is 0. The van der Waals surface area contributed by atoms with E-state index in [1.807, 2.05) is 0 Å². The molecule has 0 bridgehead atoms. The van der Waals surface area contributed by atoms with Crippen molar-refractivity contribution in [1.82, 2.24) is 9.80 Å². The van der Waals surface area contributed by atoms with Crippen molar-refractivity contribution < 1.29 is 0 Å². The van der Waals surface area contributed by atoms with Crippen molar-refractivity contribution in [3.63, 3.8) is 0 Å². The van der Waals surface area contributed by atoms with Gasteiger partial charge in [-0.15, -0.1) is 0 Å². The second-order valence-electron chi connectivity index (χ2n) is 5.87. The molecule has 104 valence electrons. The largest absolute Gasteiger partial charge is 0.370 e. The normalized spacial score (nSPS) is 28.2. The summed E-state index contributed by atoms with van der Waals surface area (Å²) in [5.74, 6) is 1.49. The molecular formula is C14H28N4. The van der Waals surface area contributed by atoms with E-state index >= 15 is 0 Å². The van der Waals surface area contributed by atoms with Crippen LogP contribution in [0.2, 0.25) is 0 Å². The van der Waals surface area contributed by atoms with Crippen LogP contribution in [0.5, 0.6) is 0 Å². The zero-order valence-corrected chi connectivity index (χ0v) is 11.8. The van der Waals surface area contributed by atoms with Gasteiger partial charge in [-0.05, 0) is 45.2 Å². The van der Waals surface area contributed by atoms with Gasteiger partial charge in [-0.25, -0.2) is 0 Å². The molecule has 2 rings (SSSR count). The van der Waals surface area contributed by atoms with Crippen LogP contribution in [-0.4, -0.2) is 55.5 Å². The first-order valence-corrected chi connectivity index (χ1v) is 7.49. The Morgan fingerprint density at radius 2 is 1.83 bits per heavy atom. The lowest BCUT2D eigenvalue weighted by atomic mass is 9.99. The molecule has 0 amide bonds. The van der Waals surface area contributed by atoms with E-state index < -0.39 is 0 Å². The maximum Gasteiger partial charge on any atom is 0.191 e. The maximum atomic E-state index is 6.13. The molecule has 4 heteroatoms. The Labute approximate surface area is 111 Å². The minimum atomic E-state index is 0.703. The Bertz CT molecular complexity index is 269. The van der Waals surface area contributed by atoms with Crippen molar-refractivity contribution in [1.29, 1.82) is 0 Å². The fourth-order valence-corrected chi connectivity index (χ4v) is 3.04. The van der Waals surface area contributed by atoms with Gasteiger partial charge < -0.3 is 15.5 Å². The third kappa shape index (κ3) is 4.16. The molecule has 0 aromatic carbocycles. The molecule has 2 fully saturated rings. The fraction of sp³-hybridized carbons (Fsp3) is 0.929. The molecule has 0 radical (unpaired) electrons. The number of hydrogen-bond acceptors (Lipinski definition) is 2.